The number of carbonyl (C=O) groups is 1. The van der Waals surface area contributed by atoms with Crippen molar-refractivity contribution in [2.24, 2.45) is 0 Å². The van der Waals surface area contributed by atoms with Crippen LogP contribution in [0.4, 0.5) is 4.39 Å². The Kier molecular flexibility index (Phi) is 5.53. The molecule has 2 aromatic carbocycles. The van der Waals surface area contributed by atoms with Crippen LogP contribution in [0.3, 0.4) is 0 Å². The van der Waals surface area contributed by atoms with Crippen molar-refractivity contribution < 1.29 is 13.9 Å². The highest BCUT2D eigenvalue weighted by Gasteiger charge is 2.25. The highest BCUT2D eigenvalue weighted by Crippen LogP contribution is 2.24. The van der Waals surface area contributed by atoms with E-state index in [0.29, 0.717) is 25.4 Å². The third kappa shape index (κ3) is 4.36. The van der Waals surface area contributed by atoms with Crippen molar-refractivity contribution >= 4 is 17.7 Å². The molecule has 2 aromatic rings. The lowest BCUT2D eigenvalue weighted by molar-refractivity contribution is -0.136. The second kappa shape index (κ2) is 7.81. The summed E-state index contributed by atoms with van der Waals surface area (Å²) < 4.78 is 18.7. The van der Waals surface area contributed by atoms with Gasteiger partial charge >= 0.3 is 0 Å². The fourth-order valence-corrected chi connectivity index (χ4v) is 3.43. The zero-order chi connectivity index (χ0) is 16.9. The summed E-state index contributed by atoms with van der Waals surface area (Å²) in [5.74, 6) is 0.177. The lowest BCUT2D eigenvalue weighted by Gasteiger charge is -2.33. The summed E-state index contributed by atoms with van der Waals surface area (Å²) in [5, 5.41) is 0. The highest BCUT2D eigenvalue weighted by molar-refractivity contribution is 8.00. The third-order valence-electron chi connectivity index (χ3n) is 4.04. The Bertz CT molecular complexity index is 688. The average Bonchev–Trinajstić information content (AvgIpc) is 2.62. The number of aryl methyl sites for hydroxylation is 1. The number of amides is 1. The fraction of sp³-hybridized carbons (Fsp3) is 0.316. The molecule has 1 amide bonds. The standard InChI is InChI=1S/C19H20FNO2S/c1-14-2-4-15(5-3-14)18-12-21(10-11-23-18)19(22)13-24-17-8-6-16(20)7-9-17/h2-9,18H,10-13H2,1H3. The van der Waals surface area contributed by atoms with Gasteiger partial charge in [0.15, 0.2) is 0 Å². The minimum absolute atomic E-state index is 0.0703. The molecule has 1 saturated heterocycles. The SMILES string of the molecule is Cc1ccc(C2CN(C(=O)CSc3ccc(F)cc3)CCO2)cc1. The zero-order valence-electron chi connectivity index (χ0n) is 13.6. The van der Waals surface area contributed by atoms with E-state index in [1.807, 2.05) is 11.8 Å². The van der Waals surface area contributed by atoms with Crippen LogP contribution in [0, 0.1) is 12.7 Å². The van der Waals surface area contributed by atoms with E-state index in [4.69, 9.17) is 4.74 Å². The molecule has 5 heteroatoms. The molecule has 24 heavy (non-hydrogen) atoms. The maximum atomic E-state index is 12.9. The molecule has 1 unspecified atom stereocenters. The molecule has 1 fully saturated rings. The van der Waals surface area contributed by atoms with Gasteiger partial charge in [-0.15, -0.1) is 11.8 Å². The molecule has 3 nitrogen and oxygen atoms in total. The predicted molar refractivity (Wildman–Crippen MR) is 93.6 cm³/mol. The topological polar surface area (TPSA) is 29.5 Å². The van der Waals surface area contributed by atoms with Gasteiger partial charge in [-0.1, -0.05) is 29.8 Å². The van der Waals surface area contributed by atoms with Gasteiger partial charge in [-0.2, -0.15) is 0 Å². The van der Waals surface area contributed by atoms with Crippen LogP contribution in [-0.4, -0.2) is 36.3 Å². The van der Waals surface area contributed by atoms with Gasteiger partial charge in [0.1, 0.15) is 11.9 Å². The Labute approximate surface area is 145 Å². The molecule has 0 radical (unpaired) electrons. The normalized spacial score (nSPS) is 17.8. The maximum Gasteiger partial charge on any atom is 0.233 e. The molecular weight excluding hydrogens is 325 g/mol. The Morgan fingerprint density at radius 1 is 1.21 bits per heavy atom. The molecule has 0 saturated carbocycles. The van der Waals surface area contributed by atoms with Gasteiger partial charge in [-0.3, -0.25) is 4.79 Å². The van der Waals surface area contributed by atoms with Crippen molar-refractivity contribution in [3.63, 3.8) is 0 Å². The summed E-state index contributed by atoms with van der Waals surface area (Å²) in [6.45, 7) is 3.79. The summed E-state index contributed by atoms with van der Waals surface area (Å²) in [7, 11) is 0. The van der Waals surface area contributed by atoms with Crippen molar-refractivity contribution in [1.29, 1.82) is 0 Å². The van der Waals surface area contributed by atoms with E-state index in [0.717, 1.165) is 10.5 Å². The quantitative estimate of drug-likeness (QED) is 0.789. The largest absolute Gasteiger partial charge is 0.370 e. The third-order valence-corrected chi connectivity index (χ3v) is 5.04. The van der Waals surface area contributed by atoms with Crippen LogP contribution in [0.15, 0.2) is 53.4 Å². The lowest BCUT2D eigenvalue weighted by Crippen LogP contribution is -2.43. The number of rotatable bonds is 4. The average molecular weight is 345 g/mol. The molecule has 1 atom stereocenters. The van der Waals surface area contributed by atoms with Gasteiger partial charge < -0.3 is 9.64 Å². The van der Waals surface area contributed by atoms with Gasteiger partial charge in [0.2, 0.25) is 5.91 Å². The van der Waals surface area contributed by atoms with E-state index < -0.39 is 0 Å². The Morgan fingerprint density at radius 3 is 2.62 bits per heavy atom. The van der Waals surface area contributed by atoms with Gasteiger partial charge in [0, 0.05) is 11.4 Å². The van der Waals surface area contributed by atoms with E-state index in [1.54, 1.807) is 12.1 Å². The smallest absolute Gasteiger partial charge is 0.233 e. The summed E-state index contributed by atoms with van der Waals surface area (Å²) >= 11 is 1.43. The minimum Gasteiger partial charge on any atom is -0.370 e. The Morgan fingerprint density at radius 2 is 1.92 bits per heavy atom. The van der Waals surface area contributed by atoms with Crippen LogP contribution in [0.25, 0.3) is 0 Å². The van der Waals surface area contributed by atoms with Crippen LogP contribution < -0.4 is 0 Å². The van der Waals surface area contributed by atoms with Crippen molar-refractivity contribution in [3.05, 3.63) is 65.5 Å². The summed E-state index contributed by atoms with van der Waals surface area (Å²) in [6.07, 6.45) is -0.0703. The van der Waals surface area contributed by atoms with E-state index in [1.165, 1.54) is 29.5 Å². The highest BCUT2D eigenvalue weighted by atomic mass is 32.2. The van der Waals surface area contributed by atoms with E-state index in [-0.39, 0.29) is 17.8 Å². The first-order valence-corrected chi connectivity index (χ1v) is 8.95. The molecule has 0 aromatic heterocycles. The molecule has 0 N–H and O–H groups in total. The van der Waals surface area contributed by atoms with E-state index >= 15 is 0 Å². The number of morpholine rings is 1. The van der Waals surface area contributed by atoms with Crippen molar-refractivity contribution in [3.8, 4) is 0 Å². The van der Waals surface area contributed by atoms with Crippen LogP contribution in [0.5, 0.6) is 0 Å². The summed E-state index contributed by atoms with van der Waals surface area (Å²) in [6, 6.07) is 14.4. The van der Waals surface area contributed by atoms with Crippen LogP contribution in [0.2, 0.25) is 0 Å². The molecule has 126 valence electrons. The van der Waals surface area contributed by atoms with Gasteiger partial charge in [0.05, 0.1) is 18.9 Å². The second-order valence-corrected chi connectivity index (χ2v) is 6.90. The zero-order valence-corrected chi connectivity index (χ0v) is 14.4. The molecule has 3 rings (SSSR count). The van der Waals surface area contributed by atoms with Gasteiger partial charge in [-0.05, 0) is 36.8 Å². The van der Waals surface area contributed by atoms with Crippen LogP contribution in [-0.2, 0) is 9.53 Å². The Hall–Kier alpha value is -1.85. The predicted octanol–water partition coefficient (Wildman–Crippen LogP) is 3.83. The van der Waals surface area contributed by atoms with Crippen molar-refractivity contribution in [2.45, 2.75) is 17.9 Å². The first-order chi connectivity index (χ1) is 11.6. The summed E-state index contributed by atoms with van der Waals surface area (Å²) in [4.78, 5) is 15.2. The van der Waals surface area contributed by atoms with Crippen molar-refractivity contribution in [2.75, 3.05) is 25.4 Å². The Balaban J connectivity index is 1.56. The second-order valence-electron chi connectivity index (χ2n) is 5.85. The molecule has 0 bridgehead atoms. The maximum absolute atomic E-state index is 12.9. The number of nitrogens with zero attached hydrogens (tertiary/aromatic N) is 1. The first-order valence-electron chi connectivity index (χ1n) is 7.96. The van der Waals surface area contributed by atoms with Gasteiger partial charge in [-0.25, -0.2) is 4.39 Å². The monoisotopic (exact) mass is 345 g/mol. The van der Waals surface area contributed by atoms with Crippen LogP contribution >= 0.6 is 11.8 Å². The molecule has 0 aliphatic carbocycles. The number of halogens is 1. The number of hydrogen-bond donors (Lipinski definition) is 0. The molecular formula is C19H20FNO2S. The lowest BCUT2D eigenvalue weighted by atomic mass is 10.1. The summed E-state index contributed by atoms with van der Waals surface area (Å²) in [5.41, 5.74) is 2.31. The first kappa shape index (κ1) is 17.0. The fourth-order valence-electron chi connectivity index (χ4n) is 2.63. The molecule has 0 spiro atoms. The number of hydrogen-bond acceptors (Lipinski definition) is 3. The number of benzene rings is 2. The number of thioether (sulfide) groups is 1. The van der Waals surface area contributed by atoms with Gasteiger partial charge in [0.25, 0.3) is 0 Å². The van der Waals surface area contributed by atoms with Crippen molar-refractivity contribution in [1.82, 2.24) is 4.90 Å². The molecule has 1 aliphatic rings. The van der Waals surface area contributed by atoms with E-state index in [2.05, 4.69) is 24.3 Å². The molecule has 1 heterocycles. The number of ether oxygens (including phenoxy) is 1. The van der Waals surface area contributed by atoms with E-state index in [9.17, 15) is 9.18 Å². The molecule has 1 aliphatic heterocycles. The van der Waals surface area contributed by atoms with Crippen LogP contribution in [0.1, 0.15) is 17.2 Å². The minimum atomic E-state index is -0.264. The number of carbonyl (C=O) groups excluding carboxylic acids is 1.